The number of rotatable bonds is 4. The molecular weight excluding hydrogens is 336 g/mol. The van der Waals surface area contributed by atoms with Gasteiger partial charge in [0, 0.05) is 48.1 Å². The number of carbonyl (C=O) groups is 2. The molecule has 4 nitrogen and oxygen atoms in total. The number of halogens is 1. The molecule has 0 bridgehead atoms. The molecule has 1 heterocycles. The molecular formula is C20H21ClN2O2. The number of nitrogens with zero attached hydrogens (tertiary/aromatic N) is 1. The van der Waals surface area contributed by atoms with Crippen LogP contribution in [-0.4, -0.2) is 36.7 Å². The average molecular weight is 357 g/mol. The molecule has 0 aromatic heterocycles. The van der Waals surface area contributed by atoms with E-state index in [0.29, 0.717) is 10.6 Å². The highest BCUT2D eigenvalue weighted by atomic mass is 35.5. The van der Waals surface area contributed by atoms with E-state index >= 15 is 0 Å². The standard InChI is InChI=1S/C20H21ClN2O2/c1-13(24)22-17-9-5-14(6-10-17)18-11-23(2)12-19(18)20(25)15-3-7-16(21)8-4-15/h3-10,18-19H,11-12H2,1-2H3,(H,22,24)/t18-,19-/m1/s1. The zero-order chi connectivity index (χ0) is 18.0. The molecule has 1 aliphatic rings. The summed E-state index contributed by atoms with van der Waals surface area (Å²) in [5, 5.41) is 3.40. The van der Waals surface area contributed by atoms with Gasteiger partial charge in [-0.15, -0.1) is 0 Å². The van der Waals surface area contributed by atoms with Gasteiger partial charge in [0.05, 0.1) is 0 Å². The van der Waals surface area contributed by atoms with Crippen LogP contribution < -0.4 is 5.32 Å². The molecule has 1 aliphatic heterocycles. The SMILES string of the molecule is CC(=O)Nc1ccc([C@H]2CN(C)C[C@H]2C(=O)c2ccc(Cl)cc2)cc1. The Morgan fingerprint density at radius 3 is 2.28 bits per heavy atom. The van der Waals surface area contributed by atoms with Crippen LogP contribution in [-0.2, 0) is 4.79 Å². The summed E-state index contributed by atoms with van der Waals surface area (Å²) in [7, 11) is 2.04. The van der Waals surface area contributed by atoms with Gasteiger partial charge in [0.1, 0.15) is 0 Å². The molecule has 1 N–H and O–H groups in total. The van der Waals surface area contributed by atoms with Gasteiger partial charge >= 0.3 is 0 Å². The van der Waals surface area contributed by atoms with Crippen molar-refractivity contribution in [2.24, 2.45) is 5.92 Å². The number of carbonyl (C=O) groups excluding carboxylic acids is 2. The first-order valence-electron chi connectivity index (χ1n) is 8.30. The minimum absolute atomic E-state index is 0.0854. The molecule has 1 saturated heterocycles. The van der Waals surface area contributed by atoms with Crippen molar-refractivity contribution < 1.29 is 9.59 Å². The van der Waals surface area contributed by atoms with Crippen molar-refractivity contribution >= 4 is 29.0 Å². The summed E-state index contributed by atoms with van der Waals surface area (Å²) in [4.78, 5) is 26.3. The van der Waals surface area contributed by atoms with Gasteiger partial charge in [-0.2, -0.15) is 0 Å². The molecule has 1 fully saturated rings. The number of Topliss-reactive ketones (excluding diaryl/α,β-unsaturated/α-hetero) is 1. The number of amides is 1. The topological polar surface area (TPSA) is 49.4 Å². The third-order valence-electron chi connectivity index (χ3n) is 4.63. The van der Waals surface area contributed by atoms with Gasteiger partial charge in [-0.25, -0.2) is 0 Å². The molecule has 2 aromatic rings. The number of likely N-dealkylation sites (tertiary alicyclic amines) is 1. The second-order valence-corrected chi connectivity index (χ2v) is 7.04. The summed E-state index contributed by atoms with van der Waals surface area (Å²) < 4.78 is 0. The first-order chi connectivity index (χ1) is 11.9. The van der Waals surface area contributed by atoms with Crippen LogP contribution in [0.2, 0.25) is 5.02 Å². The molecule has 2 atom stereocenters. The van der Waals surface area contributed by atoms with Gasteiger partial charge in [0.15, 0.2) is 5.78 Å². The smallest absolute Gasteiger partial charge is 0.221 e. The lowest BCUT2D eigenvalue weighted by atomic mass is 9.84. The monoisotopic (exact) mass is 356 g/mol. The van der Waals surface area contributed by atoms with E-state index in [1.165, 1.54) is 6.92 Å². The van der Waals surface area contributed by atoms with Gasteiger partial charge in [-0.1, -0.05) is 23.7 Å². The summed E-state index contributed by atoms with van der Waals surface area (Å²) in [6.07, 6.45) is 0. The van der Waals surface area contributed by atoms with Crippen LogP contribution >= 0.6 is 11.6 Å². The highest BCUT2D eigenvalue weighted by Gasteiger charge is 2.37. The fourth-order valence-electron chi connectivity index (χ4n) is 3.45. The molecule has 130 valence electrons. The zero-order valence-corrected chi connectivity index (χ0v) is 15.1. The van der Waals surface area contributed by atoms with Crippen molar-refractivity contribution in [3.63, 3.8) is 0 Å². The van der Waals surface area contributed by atoms with Crippen LogP contribution in [0.15, 0.2) is 48.5 Å². The predicted molar refractivity (Wildman–Crippen MR) is 100 cm³/mol. The molecule has 5 heteroatoms. The summed E-state index contributed by atoms with van der Waals surface area (Å²) in [5.41, 5.74) is 2.58. The van der Waals surface area contributed by atoms with Crippen molar-refractivity contribution in [3.8, 4) is 0 Å². The lowest BCUT2D eigenvalue weighted by molar-refractivity contribution is -0.114. The molecule has 3 rings (SSSR count). The number of ketones is 1. The fourth-order valence-corrected chi connectivity index (χ4v) is 3.58. The Balaban J connectivity index is 1.82. The van der Waals surface area contributed by atoms with E-state index in [1.807, 2.05) is 31.3 Å². The molecule has 0 spiro atoms. The number of nitrogens with one attached hydrogen (secondary N) is 1. The number of hydrogen-bond acceptors (Lipinski definition) is 3. The molecule has 2 aromatic carbocycles. The van der Waals surface area contributed by atoms with E-state index < -0.39 is 0 Å². The zero-order valence-electron chi connectivity index (χ0n) is 14.3. The molecule has 0 radical (unpaired) electrons. The minimum Gasteiger partial charge on any atom is -0.326 e. The Hall–Kier alpha value is -2.17. The maximum atomic E-state index is 13.0. The summed E-state index contributed by atoms with van der Waals surface area (Å²) >= 11 is 5.93. The molecule has 0 unspecified atom stereocenters. The third kappa shape index (κ3) is 4.09. The normalized spacial score (nSPS) is 20.4. The van der Waals surface area contributed by atoms with Crippen LogP contribution in [0.4, 0.5) is 5.69 Å². The van der Waals surface area contributed by atoms with Crippen molar-refractivity contribution in [1.82, 2.24) is 4.90 Å². The van der Waals surface area contributed by atoms with Crippen molar-refractivity contribution in [2.75, 3.05) is 25.5 Å². The first kappa shape index (κ1) is 17.6. The van der Waals surface area contributed by atoms with Crippen LogP contribution in [0, 0.1) is 5.92 Å². The van der Waals surface area contributed by atoms with Crippen LogP contribution in [0.5, 0.6) is 0 Å². The Morgan fingerprint density at radius 1 is 1.04 bits per heavy atom. The number of hydrogen-bond donors (Lipinski definition) is 1. The second kappa shape index (κ2) is 7.38. The van der Waals surface area contributed by atoms with Gasteiger partial charge in [0.25, 0.3) is 0 Å². The van der Waals surface area contributed by atoms with Gasteiger partial charge in [-0.05, 0) is 49.0 Å². The maximum Gasteiger partial charge on any atom is 0.221 e. The second-order valence-electron chi connectivity index (χ2n) is 6.61. The Kier molecular flexibility index (Phi) is 5.21. The Morgan fingerprint density at radius 2 is 1.68 bits per heavy atom. The largest absolute Gasteiger partial charge is 0.326 e. The first-order valence-corrected chi connectivity index (χ1v) is 8.67. The highest BCUT2D eigenvalue weighted by molar-refractivity contribution is 6.30. The predicted octanol–water partition coefficient (Wildman–Crippen LogP) is 3.83. The Bertz CT molecular complexity index is 771. The molecule has 0 aliphatic carbocycles. The lowest BCUT2D eigenvalue weighted by Crippen LogP contribution is -2.22. The number of benzene rings is 2. The lowest BCUT2D eigenvalue weighted by Gasteiger charge is -2.18. The summed E-state index contributed by atoms with van der Waals surface area (Å²) in [5.74, 6) is 0.110. The maximum absolute atomic E-state index is 13.0. The molecule has 1 amide bonds. The number of likely N-dealkylation sites (N-methyl/N-ethyl adjacent to an activating group) is 1. The van der Waals surface area contributed by atoms with Crippen LogP contribution in [0.3, 0.4) is 0 Å². The van der Waals surface area contributed by atoms with Crippen LogP contribution in [0.25, 0.3) is 0 Å². The third-order valence-corrected chi connectivity index (χ3v) is 4.88. The summed E-state index contributed by atoms with van der Waals surface area (Å²) in [6.45, 7) is 3.06. The number of anilines is 1. The fraction of sp³-hybridized carbons (Fsp3) is 0.300. The van der Waals surface area contributed by atoms with Gasteiger partial charge in [0.2, 0.25) is 5.91 Å². The van der Waals surface area contributed by atoms with Gasteiger partial charge < -0.3 is 10.2 Å². The van der Waals surface area contributed by atoms with Gasteiger partial charge in [-0.3, -0.25) is 9.59 Å². The van der Waals surface area contributed by atoms with Crippen LogP contribution in [0.1, 0.15) is 28.8 Å². The average Bonchev–Trinajstić information content (AvgIpc) is 2.97. The highest BCUT2D eigenvalue weighted by Crippen LogP contribution is 2.34. The van der Waals surface area contributed by atoms with E-state index in [9.17, 15) is 9.59 Å². The Labute approximate surface area is 152 Å². The van der Waals surface area contributed by atoms with E-state index in [0.717, 1.165) is 24.3 Å². The van der Waals surface area contributed by atoms with Crippen molar-refractivity contribution in [3.05, 3.63) is 64.7 Å². The quantitative estimate of drug-likeness (QED) is 0.847. The van der Waals surface area contributed by atoms with E-state index in [2.05, 4.69) is 10.2 Å². The van der Waals surface area contributed by atoms with Crippen molar-refractivity contribution in [2.45, 2.75) is 12.8 Å². The summed E-state index contributed by atoms with van der Waals surface area (Å²) in [6, 6.07) is 14.9. The van der Waals surface area contributed by atoms with E-state index in [1.54, 1.807) is 24.3 Å². The molecule has 25 heavy (non-hydrogen) atoms. The van der Waals surface area contributed by atoms with E-state index in [-0.39, 0.29) is 23.5 Å². The molecule has 0 saturated carbocycles. The van der Waals surface area contributed by atoms with Crippen molar-refractivity contribution in [1.29, 1.82) is 0 Å². The minimum atomic E-state index is -0.0934. The van der Waals surface area contributed by atoms with E-state index in [4.69, 9.17) is 11.6 Å².